The molecule has 0 saturated carbocycles. The number of nitrogens with zero attached hydrogens (tertiary/aromatic N) is 1. The van der Waals surface area contributed by atoms with Gasteiger partial charge in [-0.25, -0.2) is 12.8 Å². The van der Waals surface area contributed by atoms with Crippen LogP contribution in [0.1, 0.15) is 12.8 Å². The molecule has 0 aliphatic carbocycles. The van der Waals surface area contributed by atoms with Crippen molar-refractivity contribution in [3.05, 3.63) is 30.1 Å². The molecule has 1 fully saturated rings. The number of hydrogen-bond acceptors (Lipinski definition) is 3. The number of halogens is 2. The van der Waals surface area contributed by atoms with E-state index < -0.39 is 15.8 Å². The Morgan fingerprint density at radius 1 is 1.37 bits per heavy atom. The van der Waals surface area contributed by atoms with E-state index in [-0.39, 0.29) is 23.3 Å². The Morgan fingerprint density at radius 2 is 2.00 bits per heavy atom. The van der Waals surface area contributed by atoms with Crippen LogP contribution in [-0.4, -0.2) is 38.9 Å². The van der Waals surface area contributed by atoms with Crippen LogP contribution in [0.2, 0.25) is 0 Å². The molecule has 1 aromatic rings. The van der Waals surface area contributed by atoms with E-state index in [0.29, 0.717) is 13.1 Å². The number of sulfonamides is 1. The van der Waals surface area contributed by atoms with Crippen LogP contribution in [0, 0.1) is 5.82 Å². The fourth-order valence-corrected chi connectivity index (χ4v) is 4.00. The molecule has 7 heteroatoms. The number of likely N-dealkylation sites (N-methyl/N-ethyl adjacent to an activating group) is 1. The van der Waals surface area contributed by atoms with Crippen LogP contribution in [-0.2, 0) is 10.0 Å². The molecule has 0 aromatic heterocycles. The Labute approximate surface area is 119 Å². The summed E-state index contributed by atoms with van der Waals surface area (Å²) in [6.45, 7) is 1.17. The summed E-state index contributed by atoms with van der Waals surface area (Å²) in [5, 5.41) is 3.01. The third-order valence-electron chi connectivity index (χ3n) is 3.18. The van der Waals surface area contributed by atoms with E-state index in [1.165, 1.54) is 28.6 Å². The Hall–Kier alpha value is -0.690. The van der Waals surface area contributed by atoms with E-state index in [1.807, 2.05) is 0 Å². The van der Waals surface area contributed by atoms with Gasteiger partial charge in [-0.05, 0) is 44.2 Å². The maximum atomic E-state index is 12.8. The minimum absolute atomic E-state index is 0. The lowest BCUT2D eigenvalue weighted by Gasteiger charge is -2.23. The molecule has 1 heterocycles. The summed E-state index contributed by atoms with van der Waals surface area (Å²) in [5.41, 5.74) is 0. The van der Waals surface area contributed by atoms with E-state index in [0.717, 1.165) is 12.8 Å². The molecule has 0 amide bonds. The molecule has 1 unspecified atom stereocenters. The van der Waals surface area contributed by atoms with Crippen molar-refractivity contribution in [1.29, 1.82) is 0 Å². The van der Waals surface area contributed by atoms with Gasteiger partial charge in [0.2, 0.25) is 10.0 Å². The minimum atomic E-state index is -3.50. The monoisotopic (exact) mass is 308 g/mol. The average Bonchev–Trinajstić information content (AvgIpc) is 2.79. The van der Waals surface area contributed by atoms with Crippen molar-refractivity contribution >= 4 is 22.4 Å². The van der Waals surface area contributed by atoms with E-state index in [9.17, 15) is 12.8 Å². The first-order valence-corrected chi connectivity index (χ1v) is 7.41. The zero-order valence-corrected chi connectivity index (χ0v) is 12.3. The first-order chi connectivity index (χ1) is 8.55. The van der Waals surface area contributed by atoms with Crippen LogP contribution in [0.25, 0.3) is 0 Å². The summed E-state index contributed by atoms with van der Waals surface area (Å²) >= 11 is 0. The predicted molar refractivity (Wildman–Crippen MR) is 74.5 cm³/mol. The molecule has 108 valence electrons. The van der Waals surface area contributed by atoms with Gasteiger partial charge in [0.15, 0.2) is 0 Å². The maximum Gasteiger partial charge on any atom is 0.243 e. The summed E-state index contributed by atoms with van der Waals surface area (Å²) in [6.07, 6.45) is 1.73. The van der Waals surface area contributed by atoms with Crippen LogP contribution in [0.5, 0.6) is 0 Å². The normalized spacial score (nSPS) is 20.2. The SMILES string of the molecule is CNCC1CCCN1S(=O)(=O)c1ccc(F)cc1.Cl. The quantitative estimate of drug-likeness (QED) is 0.919. The lowest BCUT2D eigenvalue weighted by molar-refractivity contribution is 0.379. The minimum Gasteiger partial charge on any atom is -0.318 e. The summed E-state index contributed by atoms with van der Waals surface area (Å²) < 4.78 is 39.2. The van der Waals surface area contributed by atoms with Gasteiger partial charge in [-0.2, -0.15) is 4.31 Å². The van der Waals surface area contributed by atoms with E-state index in [1.54, 1.807) is 7.05 Å². The van der Waals surface area contributed by atoms with Crippen molar-refractivity contribution in [1.82, 2.24) is 9.62 Å². The second-order valence-corrected chi connectivity index (χ2v) is 6.31. The van der Waals surface area contributed by atoms with Gasteiger partial charge in [-0.15, -0.1) is 12.4 Å². The fourth-order valence-electron chi connectivity index (χ4n) is 2.31. The fraction of sp³-hybridized carbons (Fsp3) is 0.500. The van der Waals surface area contributed by atoms with Crippen molar-refractivity contribution in [2.24, 2.45) is 0 Å². The van der Waals surface area contributed by atoms with Crippen molar-refractivity contribution < 1.29 is 12.8 Å². The smallest absolute Gasteiger partial charge is 0.243 e. The Kier molecular flexibility index (Phi) is 5.73. The second kappa shape index (κ2) is 6.65. The van der Waals surface area contributed by atoms with Crippen molar-refractivity contribution in [3.8, 4) is 0 Å². The highest BCUT2D eigenvalue weighted by atomic mass is 35.5. The van der Waals surface area contributed by atoms with Crippen LogP contribution >= 0.6 is 12.4 Å². The molecule has 0 spiro atoms. The molecular formula is C12H18ClFN2O2S. The average molecular weight is 309 g/mol. The van der Waals surface area contributed by atoms with Crippen LogP contribution in [0.4, 0.5) is 4.39 Å². The Balaban J connectivity index is 0.00000180. The third kappa shape index (κ3) is 3.45. The molecule has 0 radical (unpaired) electrons. The predicted octanol–water partition coefficient (Wildman–Crippen LogP) is 1.62. The lowest BCUT2D eigenvalue weighted by Crippen LogP contribution is -2.40. The molecular weight excluding hydrogens is 291 g/mol. The van der Waals surface area contributed by atoms with Crippen LogP contribution in [0.15, 0.2) is 29.2 Å². The van der Waals surface area contributed by atoms with Gasteiger partial charge in [-0.3, -0.25) is 0 Å². The highest BCUT2D eigenvalue weighted by Crippen LogP contribution is 2.25. The molecule has 0 bridgehead atoms. The van der Waals surface area contributed by atoms with Gasteiger partial charge in [-0.1, -0.05) is 0 Å². The largest absolute Gasteiger partial charge is 0.318 e. The van der Waals surface area contributed by atoms with Gasteiger partial charge in [0.25, 0.3) is 0 Å². The second-order valence-electron chi connectivity index (χ2n) is 4.42. The number of rotatable bonds is 4. The zero-order chi connectivity index (χ0) is 13.2. The standard InChI is InChI=1S/C12H17FN2O2S.ClH/c1-14-9-11-3-2-8-15(11)18(16,17)12-6-4-10(13)5-7-12;/h4-7,11,14H,2-3,8-9H2,1H3;1H. The first kappa shape index (κ1) is 16.4. The third-order valence-corrected chi connectivity index (χ3v) is 5.15. The van der Waals surface area contributed by atoms with E-state index >= 15 is 0 Å². The lowest BCUT2D eigenvalue weighted by atomic mass is 10.2. The van der Waals surface area contributed by atoms with Gasteiger partial charge in [0, 0.05) is 19.1 Å². The first-order valence-electron chi connectivity index (χ1n) is 5.97. The molecule has 1 N–H and O–H groups in total. The van der Waals surface area contributed by atoms with E-state index in [4.69, 9.17) is 0 Å². The van der Waals surface area contributed by atoms with Crippen molar-refractivity contribution in [3.63, 3.8) is 0 Å². The summed E-state index contributed by atoms with van der Waals surface area (Å²) in [6, 6.07) is 4.98. The molecule has 2 rings (SSSR count). The van der Waals surface area contributed by atoms with Crippen LogP contribution in [0.3, 0.4) is 0 Å². The number of nitrogens with one attached hydrogen (secondary N) is 1. The number of benzene rings is 1. The summed E-state index contributed by atoms with van der Waals surface area (Å²) in [5.74, 6) is -0.429. The van der Waals surface area contributed by atoms with Crippen molar-refractivity contribution in [2.75, 3.05) is 20.1 Å². The topological polar surface area (TPSA) is 49.4 Å². The van der Waals surface area contributed by atoms with Gasteiger partial charge in [0.05, 0.1) is 4.90 Å². The Bertz CT molecular complexity index is 507. The van der Waals surface area contributed by atoms with Crippen molar-refractivity contribution in [2.45, 2.75) is 23.8 Å². The molecule has 1 aromatic carbocycles. The molecule has 4 nitrogen and oxygen atoms in total. The molecule has 1 saturated heterocycles. The van der Waals surface area contributed by atoms with Gasteiger partial charge < -0.3 is 5.32 Å². The molecule has 1 aliphatic rings. The van der Waals surface area contributed by atoms with Gasteiger partial charge >= 0.3 is 0 Å². The molecule has 19 heavy (non-hydrogen) atoms. The zero-order valence-electron chi connectivity index (χ0n) is 10.7. The number of hydrogen-bond donors (Lipinski definition) is 1. The summed E-state index contributed by atoms with van der Waals surface area (Å²) in [4.78, 5) is 0.159. The highest BCUT2D eigenvalue weighted by molar-refractivity contribution is 7.89. The van der Waals surface area contributed by atoms with Crippen LogP contribution < -0.4 is 5.32 Å². The molecule has 1 aliphatic heterocycles. The summed E-state index contributed by atoms with van der Waals surface area (Å²) in [7, 11) is -1.69. The van der Waals surface area contributed by atoms with Gasteiger partial charge in [0.1, 0.15) is 5.82 Å². The Morgan fingerprint density at radius 3 is 2.58 bits per heavy atom. The highest BCUT2D eigenvalue weighted by Gasteiger charge is 2.34. The maximum absolute atomic E-state index is 12.8. The molecule has 1 atom stereocenters. The van der Waals surface area contributed by atoms with E-state index in [2.05, 4.69) is 5.32 Å².